The Hall–Kier alpha value is -1.43. The normalized spacial score (nSPS) is 17.6. The molecule has 0 aliphatic carbocycles. The maximum Gasteiger partial charge on any atom is 0.241 e. The molecule has 2 N–H and O–H groups in total. The summed E-state index contributed by atoms with van der Waals surface area (Å²) < 4.78 is 5.31. The van der Waals surface area contributed by atoms with Gasteiger partial charge < -0.3 is 15.4 Å². The van der Waals surface area contributed by atoms with E-state index < -0.39 is 0 Å². The van der Waals surface area contributed by atoms with E-state index in [-0.39, 0.29) is 11.9 Å². The molecule has 1 amide bonds. The van der Waals surface area contributed by atoms with E-state index in [1.807, 2.05) is 37.3 Å². The van der Waals surface area contributed by atoms with E-state index in [0.717, 1.165) is 45.1 Å². The lowest BCUT2D eigenvalue weighted by Crippen LogP contribution is -2.44. The number of hydrogen-bond acceptors (Lipinski definition) is 4. The molecule has 0 aromatic heterocycles. The van der Waals surface area contributed by atoms with Crippen LogP contribution in [0.1, 0.15) is 6.92 Å². The van der Waals surface area contributed by atoms with Gasteiger partial charge in [0.2, 0.25) is 5.91 Å². The largest absolute Gasteiger partial charge is 0.379 e. The third kappa shape index (κ3) is 4.92. The summed E-state index contributed by atoms with van der Waals surface area (Å²) in [6, 6.07) is 9.32. The van der Waals surface area contributed by atoms with Crippen molar-refractivity contribution in [3.05, 3.63) is 30.3 Å². The molecule has 110 valence electrons. The molecule has 1 aliphatic heterocycles. The van der Waals surface area contributed by atoms with Gasteiger partial charge in [-0.05, 0) is 19.1 Å². The number of carbonyl (C=O) groups is 1. The van der Waals surface area contributed by atoms with Crippen LogP contribution in [0.15, 0.2) is 30.3 Å². The molecule has 20 heavy (non-hydrogen) atoms. The van der Waals surface area contributed by atoms with E-state index in [4.69, 9.17) is 4.74 Å². The Bertz CT molecular complexity index is 405. The minimum absolute atomic E-state index is 0.00169. The highest BCUT2D eigenvalue weighted by Crippen LogP contribution is 2.05. The molecule has 1 saturated heterocycles. The molecule has 2 rings (SSSR count). The topological polar surface area (TPSA) is 53.6 Å². The highest BCUT2D eigenvalue weighted by Gasteiger charge is 2.14. The summed E-state index contributed by atoms with van der Waals surface area (Å²) in [4.78, 5) is 14.3. The van der Waals surface area contributed by atoms with Gasteiger partial charge in [0.15, 0.2) is 0 Å². The van der Waals surface area contributed by atoms with Crippen LogP contribution in [-0.2, 0) is 9.53 Å². The fourth-order valence-corrected chi connectivity index (χ4v) is 2.13. The lowest BCUT2D eigenvalue weighted by molar-refractivity contribution is -0.117. The van der Waals surface area contributed by atoms with Crippen LogP contribution < -0.4 is 10.6 Å². The Balaban J connectivity index is 1.66. The molecule has 0 saturated carbocycles. The van der Waals surface area contributed by atoms with Gasteiger partial charge >= 0.3 is 0 Å². The Kier molecular flexibility index (Phi) is 5.98. The first-order chi connectivity index (χ1) is 9.75. The van der Waals surface area contributed by atoms with Crippen LogP contribution in [0.3, 0.4) is 0 Å². The minimum Gasteiger partial charge on any atom is -0.379 e. The van der Waals surface area contributed by atoms with Crippen molar-refractivity contribution in [2.24, 2.45) is 0 Å². The van der Waals surface area contributed by atoms with Gasteiger partial charge in [0, 0.05) is 31.9 Å². The third-order valence-corrected chi connectivity index (χ3v) is 3.42. The lowest BCUT2D eigenvalue weighted by Gasteiger charge is -2.27. The number of morpholine rings is 1. The Labute approximate surface area is 120 Å². The summed E-state index contributed by atoms with van der Waals surface area (Å²) >= 11 is 0. The molecule has 1 aliphatic rings. The van der Waals surface area contributed by atoms with Gasteiger partial charge in [-0.2, -0.15) is 0 Å². The average molecular weight is 277 g/mol. The summed E-state index contributed by atoms with van der Waals surface area (Å²) in [6.45, 7) is 7.22. The molecule has 0 bridgehead atoms. The van der Waals surface area contributed by atoms with Crippen molar-refractivity contribution in [3.8, 4) is 0 Å². The second-order valence-corrected chi connectivity index (χ2v) is 4.99. The number of amides is 1. The molecule has 5 nitrogen and oxygen atoms in total. The van der Waals surface area contributed by atoms with Gasteiger partial charge in [-0.25, -0.2) is 0 Å². The highest BCUT2D eigenvalue weighted by molar-refractivity contribution is 5.94. The van der Waals surface area contributed by atoms with E-state index >= 15 is 0 Å². The van der Waals surface area contributed by atoms with Crippen molar-refractivity contribution < 1.29 is 9.53 Å². The van der Waals surface area contributed by atoms with Gasteiger partial charge in [0.05, 0.1) is 19.3 Å². The SMILES string of the molecule is CC(NCCN1CCOCC1)C(=O)Nc1ccccc1. The first-order valence-corrected chi connectivity index (χ1v) is 7.15. The molecule has 1 aromatic rings. The number of para-hydroxylation sites is 1. The molecule has 1 fully saturated rings. The van der Waals surface area contributed by atoms with Gasteiger partial charge in [-0.3, -0.25) is 9.69 Å². The number of benzene rings is 1. The van der Waals surface area contributed by atoms with Gasteiger partial charge in [-0.15, -0.1) is 0 Å². The maximum atomic E-state index is 12.0. The fraction of sp³-hybridized carbons (Fsp3) is 0.533. The predicted molar refractivity (Wildman–Crippen MR) is 79.8 cm³/mol. The molecule has 0 spiro atoms. The van der Waals surface area contributed by atoms with E-state index in [2.05, 4.69) is 15.5 Å². The average Bonchev–Trinajstić information content (AvgIpc) is 2.49. The minimum atomic E-state index is -0.198. The van der Waals surface area contributed by atoms with Crippen molar-refractivity contribution >= 4 is 11.6 Å². The van der Waals surface area contributed by atoms with Crippen molar-refractivity contribution in [3.63, 3.8) is 0 Å². The van der Waals surface area contributed by atoms with E-state index in [1.54, 1.807) is 0 Å². The molecular weight excluding hydrogens is 254 g/mol. The van der Waals surface area contributed by atoms with Crippen LogP contribution in [0.25, 0.3) is 0 Å². The van der Waals surface area contributed by atoms with Gasteiger partial charge in [0.25, 0.3) is 0 Å². The highest BCUT2D eigenvalue weighted by atomic mass is 16.5. The van der Waals surface area contributed by atoms with Gasteiger partial charge in [-0.1, -0.05) is 18.2 Å². The predicted octanol–water partition coefficient (Wildman–Crippen LogP) is 0.935. The zero-order valence-electron chi connectivity index (χ0n) is 12.0. The summed E-state index contributed by atoms with van der Waals surface area (Å²) in [5.74, 6) is -0.00169. The maximum absolute atomic E-state index is 12.0. The van der Waals surface area contributed by atoms with Crippen LogP contribution in [0, 0.1) is 0 Å². The summed E-state index contributed by atoms with van der Waals surface area (Å²) in [6.07, 6.45) is 0. The van der Waals surface area contributed by atoms with E-state index in [0.29, 0.717) is 0 Å². The van der Waals surface area contributed by atoms with E-state index in [9.17, 15) is 4.79 Å². The fourth-order valence-electron chi connectivity index (χ4n) is 2.13. The Morgan fingerprint density at radius 2 is 2.00 bits per heavy atom. The second kappa shape index (κ2) is 7.99. The van der Waals surface area contributed by atoms with Crippen LogP contribution in [0.4, 0.5) is 5.69 Å². The van der Waals surface area contributed by atoms with Crippen LogP contribution in [0.5, 0.6) is 0 Å². The van der Waals surface area contributed by atoms with Crippen molar-refractivity contribution in [2.45, 2.75) is 13.0 Å². The number of anilines is 1. The van der Waals surface area contributed by atoms with Crippen molar-refractivity contribution in [1.29, 1.82) is 0 Å². The van der Waals surface area contributed by atoms with Crippen molar-refractivity contribution in [2.75, 3.05) is 44.7 Å². The number of nitrogens with one attached hydrogen (secondary N) is 2. The molecule has 1 unspecified atom stereocenters. The lowest BCUT2D eigenvalue weighted by atomic mass is 10.2. The molecule has 5 heteroatoms. The summed E-state index contributed by atoms with van der Waals surface area (Å²) in [7, 11) is 0. The molecule has 1 aromatic carbocycles. The number of hydrogen-bond donors (Lipinski definition) is 2. The monoisotopic (exact) mass is 277 g/mol. The first kappa shape index (κ1) is 15.0. The Morgan fingerprint density at radius 1 is 1.30 bits per heavy atom. The number of carbonyl (C=O) groups excluding carboxylic acids is 1. The molecular formula is C15H23N3O2. The standard InChI is InChI=1S/C15H23N3O2/c1-13(15(19)17-14-5-3-2-4-6-14)16-7-8-18-9-11-20-12-10-18/h2-6,13,16H,7-12H2,1H3,(H,17,19). The second-order valence-electron chi connectivity index (χ2n) is 4.99. The summed E-state index contributed by atoms with van der Waals surface area (Å²) in [5, 5.41) is 6.15. The van der Waals surface area contributed by atoms with E-state index in [1.165, 1.54) is 0 Å². The van der Waals surface area contributed by atoms with Crippen molar-refractivity contribution in [1.82, 2.24) is 10.2 Å². The number of ether oxygens (including phenoxy) is 1. The Morgan fingerprint density at radius 3 is 2.70 bits per heavy atom. The first-order valence-electron chi connectivity index (χ1n) is 7.15. The van der Waals surface area contributed by atoms with Crippen LogP contribution >= 0.6 is 0 Å². The van der Waals surface area contributed by atoms with Crippen LogP contribution in [0.2, 0.25) is 0 Å². The molecule has 1 heterocycles. The number of nitrogens with zero attached hydrogens (tertiary/aromatic N) is 1. The molecule has 1 atom stereocenters. The van der Waals surface area contributed by atoms with Gasteiger partial charge in [0.1, 0.15) is 0 Å². The summed E-state index contributed by atoms with van der Waals surface area (Å²) in [5.41, 5.74) is 0.833. The van der Waals surface area contributed by atoms with Crippen LogP contribution in [-0.4, -0.2) is 56.2 Å². The molecule has 0 radical (unpaired) electrons. The smallest absolute Gasteiger partial charge is 0.241 e. The third-order valence-electron chi connectivity index (χ3n) is 3.42. The zero-order chi connectivity index (χ0) is 14.2. The zero-order valence-corrected chi connectivity index (χ0v) is 12.0. The number of rotatable bonds is 6. The quantitative estimate of drug-likeness (QED) is 0.812.